The molecule has 0 aromatic heterocycles. The van der Waals surface area contributed by atoms with Crippen LogP contribution < -0.4 is 0 Å². The van der Waals surface area contributed by atoms with Crippen LogP contribution in [0.2, 0.25) is 0 Å². The summed E-state index contributed by atoms with van der Waals surface area (Å²) in [6, 6.07) is 0. The molecular weight excluding hydrogens is 216 g/mol. The van der Waals surface area contributed by atoms with Crippen LogP contribution in [0.5, 0.6) is 0 Å². The first kappa shape index (κ1) is 144. The van der Waals surface area contributed by atoms with E-state index in [9.17, 15) is 0 Å². The van der Waals surface area contributed by atoms with Crippen LogP contribution in [0.4, 0.5) is 0 Å². The largest absolute Gasteiger partial charge is 0.0776 e. The Balaban J connectivity index is -0.00000000265. The van der Waals surface area contributed by atoms with Crippen LogP contribution >= 0.6 is 0 Å². The minimum absolute atomic E-state index is 0. The fraction of sp³-hybridized carbons (Fsp3) is 1.00. The molecule has 0 heteroatoms. The van der Waals surface area contributed by atoms with E-state index < -0.39 is 0 Å². The maximum absolute atomic E-state index is 2.21. The van der Waals surface area contributed by atoms with Crippen molar-refractivity contribution in [1.82, 2.24) is 0 Å². The summed E-state index contributed by atoms with van der Waals surface area (Å²) in [7, 11) is 0. The summed E-state index contributed by atoms with van der Waals surface area (Å²) in [4.78, 5) is 0. The third-order valence-electron chi connectivity index (χ3n) is 0.707. The van der Waals surface area contributed by atoms with Crippen molar-refractivity contribution in [3.05, 3.63) is 0 Å². The van der Waals surface area contributed by atoms with Gasteiger partial charge in [0.1, 0.15) is 0 Å². The molecule has 18 heavy (non-hydrogen) atoms. The van der Waals surface area contributed by atoms with Gasteiger partial charge in [-0.05, 0) is 0 Å². The minimum Gasteiger partial charge on any atom is -0.0776 e. The monoisotopic (exact) mass is 276 g/mol. The summed E-state index contributed by atoms with van der Waals surface area (Å²) in [6.45, 7) is 8.67. The second kappa shape index (κ2) is 272. The van der Waals surface area contributed by atoms with Crippen molar-refractivity contribution >= 4 is 0 Å². The summed E-state index contributed by atoms with van der Waals surface area (Å²) in [6.07, 6.45) is 5.33. The van der Waals surface area contributed by atoms with Crippen LogP contribution in [0.25, 0.3) is 0 Å². The van der Waals surface area contributed by atoms with E-state index in [1.165, 1.54) is 25.7 Å². The van der Waals surface area contributed by atoms with Gasteiger partial charge >= 0.3 is 0 Å². The molecule has 0 aromatic rings. The summed E-state index contributed by atoms with van der Waals surface area (Å²) >= 11 is 0. The molecule has 0 bridgehead atoms. The quantitative estimate of drug-likeness (QED) is 0.470. The van der Waals surface area contributed by atoms with Crippen molar-refractivity contribution < 1.29 is 0 Å². The standard InChI is InChI=1S/C5H12.C3H8.10CH4/c1-3-5-4-2;1-3-2;;;;;;;;;;/h3-5H2,1-2H3;3H2,1-2H3;10*1H4. The van der Waals surface area contributed by atoms with Gasteiger partial charge in [-0.1, -0.05) is 128 Å². The molecule has 0 unspecified atom stereocenters. The van der Waals surface area contributed by atoms with Crippen molar-refractivity contribution in [1.29, 1.82) is 0 Å². The van der Waals surface area contributed by atoms with Crippen LogP contribution in [-0.2, 0) is 0 Å². The van der Waals surface area contributed by atoms with Gasteiger partial charge in [-0.3, -0.25) is 0 Å². The molecule has 0 radical (unpaired) electrons. The minimum atomic E-state index is 0. The molecule has 0 spiro atoms. The topological polar surface area (TPSA) is 0 Å². The molecule has 0 nitrogen and oxygen atoms in total. The zero-order chi connectivity index (χ0) is 6.83. The van der Waals surface area contributed by atoms with E-state index in [2.05, 4.69) is 27.7 Å². The maximum atomic E-state index is 2.21. The molecule has 0 aliphatic carbocycles. The van der Waals surface area contributed by atoms with Gasteiger partial charge in [0.2, 0.25) is 0 Å². The van der Waals surface area contributed by atoms with E-state index in [1.54, 1.807) is 0 Å². The summed E-state index contributed by atoms with van der Waals surface area (Å²) < 4.78 is 0. The molecule has 132 valence electrons. The average Bonchev–Trinajstić information content (AvgIpc) is 1.71. The third kappa shape index (κ3) is 900. The van der Waals surface area contributed by atoms with Crippen molar-refractivity contribution in [3.63, 3.8) is 0 Å². The first-order valence-electron chi connectivity index (χ1n) is 3.83. The molecular formula is C18H60. The van der Waals surface area contributed by atoms with E-state index in [1.807, 2.05) is 0 Å². The first-order chi connectivity index (χ1) is 3.83. The van der Waals surface area contributed by atoms with Gasteiger partial charge in [-0.25, -0.2) is 0 Å². The van der Waals surface area contributed by atoms with Crippen LogP contribution in [0.15, 0.2) is 0 Å². The lowest BCUT2D eigenvalue weighted by molar-refractivity contribution is 0.772. The predicted octanol–water partition coefficient (Wildman–Crippen LogP) is 9.97. The second-order valence-electron chi connectivity index (χ2n) is 2.06. The molecule has 0 amide bonds. The smallest absolute Gasteiger partial charge is 0.0538 e. The summed E-state index contributed by atoms with van der Waals surface area (Å²) in [5.41, 5.74) is 0. The Hall–Kier alpha value is 0. The maximum Gasteiger partial charge on any atom is -0.0538 e. The number of rotatable bonds is 2. The van der Waals surface area contributed by atoms with Gasteiger partial charge in [-0.2, -0.15) is 0 Å². The van der Waals surface area contributed by atoms with E-state index in [0.29, 0.717) is 0 Å². The molecule has 0 heterocycles. The molecule has 0 fully saturated rings. The Labute approximate surface area is 128 Å². The predicted molar refractivity (Wildman–Crippen MR) is 108 cm³/mol. The highest BCUT2D eigenvalue weighted by atomic mass is 13.7. The lowest BCUT2D eigenvalue weighted by Crippen LogP contribution is -1.59. The van der Waals surface area contributed by atoms with Gasteiger partial charge in [0, 0.05) is 0 Å². The highest BCUT2D eigenvalue weighted by Crippen LogP contribution is 1.88. The fourth-order valence-corrected chi connectivity index (χ4v) is 0.354. The Kier molecular flexibility index (Phi) is 2180. The molecule has 0 rings (SSSR count). The number of hydrogen-bond acceptors (Lipinski definition) is 0. The van der Waals surface area contributed by atoms with E-state index in [0.717, 1.165) is 0 Å². The average molecular weight is 277 g/mol. The highest BCUT2D eigenvalue weighted by Gasteiger charge is 1.68. The molecule has 0 aliphatic rings. The SMILES string of the molecule is C.C.C.C.C.C.C.C.C.C.CCC.CCCCC. The summed E-state index contributed by atoms with van der Waals surface area (Å²) in [5, 5.41) is 0. The molecule has 0 atom stereocenters. The van der Waals surface area contributed by atoms with Crippen LogP contribution in [-0.4, -0.2) is 0 Å². The summed E-state index contributed by atoms with van der Waals surface area (Å²) in [5.74, 6) is 0. The normalized spacial score (nSPS) is 3.33. The lowest BCUT2D eigenvalue weighted by atomic mass is 10.3. The molecule has 0 saturated carbocycles. The van der Waals surface area contributed by atoms with E-state index in [-0.39, 0.29) is 74.3 Å². The Morgan fingerprint density at radius 1 is 0.389 bits per heavy atom. The first-order valence-corrected chi connectivity index (χ1v) is 3.83. The van der Waals surface area contributed by atoms with Crippen molar-refractivity contribution in [2.24, 2.45) is 0 Å². The Bertz CT molecular complexity index is 14.0. The van der Waals surface area contributed by atoms with E-state index in [4.69, 9.17) is 0 Å². The van der Waals surface area contributed by atoms with Gasteiger partial charge in [0.25, 0.3) is 0 Å². The van der Waals surface area contributed by atoms with E-state index >= 15 is 0 Å². The molecule has 0 N–H and O–H groups in total. The molecule has 0 aromatic carbocycles. The fourth-order valence-electron chi connectivity index (χ4n) is 0.354. The molecule has 0 saturated heterocycles. The number of hydrogen-bond donors (Lipinski definition) is 0. The lowest BCUT2D eigenvalue weighted by Gasteiger charge is -1.79. The van der Waals surface area contributed by atoms with Crippen molar-refractivity contribution in [3.8, 4) is 0 Å². The van der Waals surface area contributed by atoms with Gasteiger partial charge in [-0.15, -0.1) is 0 Å². The Morgan fingerprint density at radius 2 is 0.500 bits per heavy atom. The zero-order valence-electron chi connectivity index (χ0n) is 6.83. The second-order valence-corrected chi connectivity index (χ2v) is 2.06. The highest BCUT2D eigenvalue weighted by molar-refractivity contribution is 4.24. The van der Waals surface area contributed by atoms with Gasteiger partial charge in [0.05, 0.1) is 0 Å². The molecule has 0 aliphatic heterocycles. The number of unbranched alkanes of at least 4 members (excludes halogenated alkanes) is 2. The Morgan fingerprint density at radius 3 is 0.500 bits per heavy atom. The van der Waals surface area contributed by atoms with Crippen LogP contribution in [0, 0.1) is 0 Å². The third-order valence-corrected chi connectivity index (χ3v) is 0.707. The van der Waals surface area contributed by atoms with Crippen molar-refractivity contribution in [2.45, 2.75) is 128 Å². The van der Waals surface area contributed by atoms with Gasteiger partial charge in [0.15, 0.2) is 0 Å². The van der Waals surface area contributed by atoms with Crippen molar-refractivity contribution in [2.75, 3.05) is 0 Å². The zero-order valence-corrected chi connectivity index (χ0v) is 6.83. The van der Waals surface area contributed by atoms with Crippen LogP contribution in [0.1, 0.15) is 128 Å². The van der Waals surface area contributed by atoms with Gasteiger partial charge < -0.3 is 0 Å². The van der Waals surface area contributed by atoms with Crippen LogP contribution in [0.3, 0.4) is 0 Å².